The van der Waals surface area contributed by atoms with E-state index in [0.29, 0.717) is 23.6 Å². The summed E-state index contributed by atoms with van der Waals surface area (Å²) in [7, 11) is 0. The van der Waals surface area contributed by atoms with Gasteiger partial charge in [-0.15, -0.1) is 0 Å². The topological polar surface area (TPSA) is 52.3 Å². The van der Waals surface area contributed by atoms with Crippen LogP contribution in [0.5, 0.6) is 5.75 Å². The second-order valence-corrected chi connectivity index (χ2v) is 3.39. The number of anilines is 1. The smallest absolute Gasteiger partial charge is 0.160 e. The standard InChI is InChI=1S/C12H17NO2/c1-4-9-6-12(15-5-2)11(13)7-10(9)8(3)14/h6-7H,4-5,13H2,1-3H3. The van der Waals surface area contributed by atoms with Crippen molar-refractivity contribution in [1.82, 2.24) is 0 Å². The Labute approximate surface area is 90.2 Å². The molecule has 0 aromatic heterocycles. The molecule has 0 spiro atoms. The Balaban J connectivity index is 3.22. The van der Waals surface area contributed by atoms with Crippen LogP contribution in [0.15, 0.2) is 12.1 Å². The predicted octanol–water partition coefficient (Wildman–Crippen LogP) is 2.43. The van der Waals surface area contributed by atoms with Gasteiger partial charge in [-0.25, -0.2) is 0 Å². The lowest BCUT2D eigenvalue weighted by atomic mass is 10.0. The summed E-state index contributed by atoms with van der Waals surface area (Å²) in [6, 6.07) is 3.56. The number of hydrogen-bond acceptors (Lipinski definition) is 3. The molecule has 3 heteroatoms. The SMILES string of the molecule is CCOc1cc(CC)c(C(C)=O)cc1N. The van der Waals surface area contributed by atoms with E-state index in [1.54, 1.807) is 13.0 Å². The summed E-state index contributed by atoms with van der Waals surface area (Å²) in [5, 5.41) is 0. The summed E-state index contributed by atoms with van der Waals surface area (Å²) < 4.78 is 5.38. The molecule has 0 unspecified atom stereocenters. The van der Waals surface area contributed by atoms with Crippen molar-refractivity contribution in [3.8, 4) is 5.75 Å². The Morgan fingerprint density at radius 2 is 2.07 bits per heavy atom. The first-order valence-corrected chi connectivity index (χ1v) is 5.16. The second-order valence-electron chi connectivity index (χ2n) is 3.39. The van der Waals surface area contributed by atoms with Gasteiger partial charge in [0, 0.05) is 5.56 Å². The van der Waals surface area contributed by atoms with Gasteiger partial charge in [-0.2, -0.15) is 0 Å². The Hall–Kier alpha value is -1.51. The van der Waals surface area contributed by atoms with E-state index in [-0.39, 0.29) is 5.78 Å². The normalized spacial score (nSPS) is 10.1. The minimum Gasteiger partial charge on any atom is -0.492 e. The molecule has 1 rings (SSSR count). The van der Waals surface area contributed by atoms with Gasteiger partial charge in [-0.3, -0.25) is 4.79 Å². The molecule has 15 heavy (non-hydrogen) atoms. The average molecular weight is 207 g/mol. The van der Waals surface area contributed by atoms with Gasteiger partial charge < -0.3 is 10.5 Å². The van der Waals surface area contributed by atoms with E-state index in [2.05, 4.69) is 0 Å². The first-order valence-electron chi connectivity index (χ1n) is 5.16. The largest absolute Gasteiger partial charge is 0.492 e. The van der Waals surface area contributed by atoms with E-state index in [4.69, 9.17) is 10.5 Å². The molecule has 0 fully saturated rings. The molecule has 0 aliphatic carbocycles. The average Bonchev–Trinajstić information content (AvgIpc) is 2.20. The Morgan fingerprint density at radius 1 is 1.40 bits per heavy atom. The third-order valence-corrected chi connectivity index (χ3v) is 2.30. The van der Waals surface area contributed by atoms with Gasteiger partial charge in [0.15, 0.2) is 5.78 Å². The number of hydrogen-bond donors (Lipinski definition) is 1. The number of nitrogens with two attached hydrogens (primary N) is 1. The summed E-state index contributed by atoms with van der Waals surface area (Å²) in [6.07, 6.45) is 0.801. The monoisotopic (exact) mass is 207 g/mol. The van der Waals surface area contributed by atoms with Crippen LogP contribution in [-0.4, -0.2) is 12.4 Å². The van der Waals surface area contributed by atoms with Crippen LogP contribution in [-0.2, 0) is 6.42 Å². The fourth-order valence-corrected chi connectivity index (χ4v) is 1.54. The molecule has 0 atom stereocenters. The molecular formula is C12H17NO2. The van der Waals surface area contributed by atoms with Gasteiger partial charge in [0.1, 0.15) is 5.75 Å². The number of rotatable bonds is 4. The van der Waals surface area contributed by atoms with Crippen LogP contribution in [0.2, 0.25) is 0 Å². The van der Waals surface area contributed by atoms with Gasteiger partial charge in [-0.05, 0) is 38.0 Å². The van der Waals surface area contributed by atoms with Gasteiger partial charge in [-0.1, -0.05) is 6.92 Å². The molecule has 0 radical (unpaired) electrons. The highest BCUT2D eigenvalue weighted by atomic mass is 16.5. The van der Waals surface area contributed by atoms with Crippen LogP contribution < -0.4 is 10.5 Å². The lowest BCUT2D eigenvalue weighted by Gasteiger charge is -2.11. The summed E-state index contributed by atoms with van der Waals surface area (Å²) in [5.41, 5.74) is 8.00. The molecule has 0 bridgehead atoms. The maximum atomic E-state index is 11.4. The molecule has 0 aliphatic rings. The number of ketones is 1. The van der Waals surface area contributed by atoms with E-state index in [0.717, 1.165) is 12.0 Å². The maximum Gasteiger partial charge on any atom is 0.160 e. The van der Waals surface area contributed by atoms with Crippen molar-refractivity contribution in [1.29, 1.82) is 0 Å². The number of ether oxygens (including phenoxy) is 1. The minimum absolute atomic E-state index is 0.0431. The zero-order valence-corrected chi connectivity index (χ0v) is 9.46. The van der Waals surface area contributed by atoms with Crippen LogP contribution >= 0.6 is 0 Å². The molecule has 82 valence electrons. The highest BCUT2D eigenvalue weighted by molar-refractivity contribution is 5.97. The van der Waals surface area contributed by atoms with Crippen molar-refractivity contribution >= 4 is 11.5 Å². The summed E-state index contributed by atoms with van der Waals surface area (Å²) in [5.74, 6) is 0.709. The lowest BCUT2D eigenvalue weighted by molar-refractivity contribution is 0.101. The zero-order chi connectivity index (χ0) is 11.4. The highest BCUT2D eigenvalue weighted by Gasteiger charge is 2.10. The van der Waals surface area contributed by atoms with Gasteiger partial charge in [0.05, 0.1) is 12.3 Å². The number of benzene rings is 1. The molecule has 2 N–H and O–H groups in total. The second kappa shape index (κ2) is 4.82. The molecule has 1 aromatic carbocycles. The Morgan fingerprint density at radius 3 is 2.53 bits per heavy atom. The number of carbonyl (C=O) groups excluding carboxylic acids is 1. The van der Waals surface area contributed by atoms with Crippen molar-refractivity contribution in [2.75, 3.05) is 12.3 Å². The van der Waals surface area contributed by atoms with E-state index < -0.39 is 0 Å². The molecule has 0 heterocycles. The third-order valence-electron chi connectivity index (χ3n) is 2.30. The van der Waals surface area contributed by atoms with Crippen LogP contribution in [0.3, 0.4) is 0 Å². The van der Waals surface area contributed by atoms with Crippen LogP contribution in [0.4, 0.5) is 5.69 Å². The van der Waals surface area contributed by atoms with E-state index in [1.165, 1.54) is 0 Å². The third kappa shape index (κ3) is 2.49. The minimum atomic E-state index is 0.0431. The summed E-state index contributed by atoms with van der Waals surface area (Å²) >= 11 is 0. The molecule has 0 saturated carbocycles. The van der Waals surface area contributed by atoms with Crippen LogP contribution in [0.1, 0.15) is 36.7 Å². The van der Waals surface area contributed by atoms with E-state index in [9.17, 15) is 4.79 Å². The summed E-state index contributed by atoms with van der Waals surface area (Å²) in [6.45, 7) is 6.04. The van der Waals surface area contributed by atoms with Crippen molar-refractivity contribution < 1.29 is 9.53 Å². The number of aryl methyl sites for hydroxylation is 1. The number of Topliss-reactive ketones (excluding diaryl/α,β-unsaturated/α-hetero) is 1. The summed E-state index contributed by atoms with van der Waals surface area (Å²) in [4.78, 5) is 11.4. The Bertz CT molecular complexity index is 372. The van der Waals surface area contributed by atoms with Crippen LogP contribution in [0, 0.1) is 0 Å². The fraction of sp³-hybridized carbons (Fsp3) is 0.417. The quantitative estimate of drug-likeness (QED) is 0.609. The van der Waals surface area contributed by atoms with E-state index in [1.807, 2.05) is 19.9 Å². The number of nitrogen functional groups attached to an aromatic ring is 1. The van der Waals surface area contributed by atoms with Gasteiger partial charge >= 0.3 is 0 Å². The molecule has 0 amide bonds. The molecule has 0 aliphatic heterocycles. The zero-order valence-electron chi connectivity index (χ0n) is 9.46. The first-order chi connectivity index (χ1) is 7.10. The fourth-order valence-electron chi connectivity index (χ4n) is 1.54. The van der Waals surface area contributed by atoms with Crippen LogP contribution in [0.25, 0.3) is 0 Å². The highest BCUT2D eigenvalue weighted by Crippen LogP contribution is 2.26. The van der Waals surface area contributed by atoms with Crippen molar-refractivity contribution in [2.24, 2.45) is 0 Å². The molecular weight excluding hydrogens is 190 g/mol. The Kier molecular flexibility index (Phi) is 3.72. The van der Waals surface area contributed by atoms with Crippen molar-refractivity contribution in [3.05, 3.63) is 23.3 Å². The maximum absolute atomic E-state index is 11.4. The molecule has 0 saturated heterocycles. The van der Waals surface area contributed by atoms with E-state index >= 15 is 0 Å². The number of carbonyl (C=O) groups is 1. The van der Waals surface area contributed by atoms with Crippen molar-refractivity contribution in [2.45, 2.75) is 27.2 Å². The predicted molar refractivity (Wildman–Crippen MR) is 61.4 cm³/mol. The van der Waals surface area contributed by atoms with Gasteiger partial charge in [0.25, 0.3) is 0 Å². The first kappa shape index (κ1) is 11.6. The van der Waals surface area contributed by atoms with Gasteiger partial charge in [0.2, 0.25) is 0 Å². The molecule has 3 nitrogen and oxygen atoms in total. The molecule has 1 aromatic rings. The van der Waals surface area contributed by atoms with Crippen molar-refractivity contribution in [3.63, 3.8) is 0 Å². The lowest BCUT2D eigenvalue weighted by Crippen LogP contribution is -2.04.